The summed E-state index contributed by atoms with van der Waals surface area (Å²) in [5, 5.41) is 0. The zero-order chi connectivity index (χ0) is 17.9. The van der Waals surface area contributed by atoms with E-state index in [0.717, 1.165) is 26.1 Å². The quantitative estimate of drug-likeness (QED) is 0.826. The van der Waals surface area contributed by atoms with Crippen molar-refractivity contribution in [3.63, 3.8) is 0 Å². The Morgan fingerprint density at radius 1 is 0.760 bits per heavy atom. The second-order valence-corrected chi connectivity index (χ2v) is 7.53. The molecule has 0 aliphatic carbocycles. The number of hydrogen-bond acceptors (Lipinski definition) is 5. The maximum Gasteiger partial charge on any atom is 0.0416 e. The first-order valence-electron chi connectivity index (χ1n) is 9.81. The molecule has 1 aliphatic heterocycles. The van der Waals surface area contributed by atoms with Gasteiger partial charge >= 0.3 is 0 Å². The maximum absolute atomic E-state index is 4.47. The van der Waals surface area contributed by atoms with Crippen LogP contribution in [0.4, 0.5) is 0 Å². The Balaban J connectivity index is 1.84. The van der Waals surface area contributed by atoms with Gasteiger partial charge in [0.15, 0.2) is 0 Å². The summed E-state index contributed by atoms with van der Waals surface area (Å²) in [6.07, 6.45) is 5.44. The van der Waals surface area contributed by atoms with Crippen molar-refractivity contribution in [2.45, 2.75) is 19.3 Å². The van der Waals surface area contributed by atoms with E-state index in [2.05, 4.69) is 57.9 Å². The summed E-state index contributed by atoms with van der Waals surface area (Å²) >= 11 is 0. The smallest absolute Gasteiger partial charge is 0.0416 e. The van der Waals surface area contributed by atoms with Crippen molar-refractivity contribution in [3.8, 4) is 0 Å². The van der Waals surface area contributed by atoms with Crippen molar-refractivity contribution in [3.05, 3.63) is 30.1 Å². The number of pyridine rings is 1. The van der Waals surface area contributed by atoms with E-state index >= 15 is 0 Å². The maximum atomic E-state index is 4.47. The first-order chi connectivity index (χ1) is 12.1. The Labute approximate surface area is 154 Å². The van der Waals surface area contributed by atoms with Gasteiger partial charge in [-0.25, -0.2) is 0 Å². The summed E-state index contributed by atoms with van der Waals surface area (Å²) in [4.78, 5) is 14.5. The van der Waals surface area contributed by atoms with Gasteiger partial charge in [0.25, 0.3) is 0 Å². The normalized spacial score (nSPS) is 21.9. The Bertz CT molecular complexity index is 453. The minimum absolute atomic E-state index is 1.05. The third-order valence-electron chi connectivity index (χ3n) is 5.17. The van der Waals surface area contributed by atoms with Crippen molar-refractivity contribution in [1.29, 1.82) is 0 Å². The monoisotopic (exact) mass is 347 g/mol. The van der Waals surface area contributed by atoms with Crippen LogP contribution < -0.4 is 0 Å². The molecule has 25 heavy (non-hydrogen) atoms. The lowest BCUT2D eigenvalue weighted by Gasteiger charge is -2.28. The molecule has 0 N–H and O–H groups in total. The molecule has 0 aromatic carbocycles. The highest BCUT2D eigenvalue weighted by Crippen LogP contribution is 2.02. The Morgan fingerprint density at radius 2 is 1.36 bits per heavy atom. The van der Waals surface area contributed by atoms with Crippen molar-refractivity contribution in [1.82, 2.24) is 24.6 Å². The fourth-order valence-electron chi connectivity index (χ4n) is 3.32. The standard InChI is InChI=1S/C20H37N5/c1-22-11-6-12-24(3)18-19-25(14-7-13-23(2)17-16-22)15-9-20-8-4-5-10-21-20/h4-5,8,10H,6-7,9,11-19H2,1-3H3. The van der Waals surface area contributed by atoms with Gasteiger partial charge in [0.05, 0.1) is 0 Å². The number of hydrogen-bond donors (Lipinski definition) is 0. The predicted molar refractivity (Wildman–Crippen MR) is 106 cm³/mol. The van der Waals surface area contributed by atoms with Crippen LogP contribution in [0.25, 0.3) is 0 Å². The van der Waals surface area contributed by atoms with Crippen molar-refractivity contribution >= 4 is 0 Å². The van der Waals surface area contributed by atoms with Gasteiger partial charge in [0.1, 0.15) is 0 Å². The summed E-state index contributed by atoms with van der Waals surface area (Å²) in [6, 6.07) is 6.22. The molecular formula is C20H37N5. The SMILES string of the molecule is CN1CCCN(C)CCN(CCc2ccccn2)CCCN(C)CC1. The number of likely N-dealkylation sites (N-methyl/N-ethyl adjacent to an activating group) is 3. The van der Waals surface area contributed by atoms with Gasteiger partial charge in [-0.15, -0.1) is 0 Å². The number of nitrogens with zero attached hydrogens (tertiary/aromatic N) is 5. The molecule has 0 unspecified atom stereocenters. The zero-order valence-corrected chi connectivity index (χ0v) is 16.5. The lowest BCUT2D eigenvalue weighted by atomic mass is 10.2. The van der Waals surface area contributed by atoms with Crippen LogP contribution >= 0.6 is 0 Å². The Morgan fingerprint density at radius 3 is 1.96 bits per heavy atom. The predicted octanol–water partition coefficient (Wildman–Crippen LogP) is 1.52. The van der Waals surface area contributed by atoms with Crippen molar-refractivity contribution < 1.29 is 0 Å². The second kappa shape index (κ2) is 11.6. The minimum Gasteiger partial charge on any atom is -0.305 e. The molecular weight excluding hydrogens is 310 g/mol. The van der Waals surface area contributed by atoms with Gasteiger partial charge in [-0.2, -0.15) is 0 Å². The van der Waals surface area contributed by atoms with Crippen LogP contribution in [-0.2, 0) is 6.42 Å². The summed E-state index contributed by atoms with van der Waals surface area (Å²) in [7, 11) is 6.77. The van der Waals surface area contributed by atoms with E-state index in [1.807, 2.05) is 12.3 Å². The van der Waals surface area contributed by atoms with Gasteiger partial charge in [-0.05, 0) is 72.3 Å². The van der Waals surface area contributed by atoms with Crippen LogP contribution in [0, 0.1) is 0 Å². The highest BCUT2D eigenvalue weighted by atomic mass is 15.2. The van der Waals surface area contributed by atoms with E-state index < -0.39 is 0 Å². The lowest BCUT2D eigenvalue weighted by Crippen LogP contribution is -2.39. The zero-order valence-electron chi connectivity index (χ0n) is 16.5. The van der Waals surface area contributed by atoms with E-state index in [-0.39, 0.29) is 0 Å². The molecule has 0 amide bonds. The molecule has 5 nitrogen and oxygen atoms in total. The molecule has 142 valence electrons. The Hall–Kier alpha value is -1.01. The van der Waals surface area contributed by atoms with Gasteiger partial charge < -0.3 is 19.6 Å². The summed E-state index contributed by atoms with van der Waals surface area (Å²) in [6.45, 7) is 10.5. The fraction of sp³-hybridized carbons (Fsp3) is 0.750. The van der Waals surface area contributed by atoms with E-state index in [9.17, 15) is 0 Å². The average molecular weight is 348 g/mol. The molecule has 0 spiro atoms. The molecule has 5 heteroatoms. The van der Waals surface area contributed by atoms with Crippen molar-refractivity contribution in [2.75, 3.05) is 80.0 Å². The van der Waals surface area contributed by atoms with Crippen LogP contribution in [0.15, 0.2) is 24.4 Å². The molecule has 1 saturated heterocycles. The van der Waals surface area contributed by atoms with Crippen LogP contribution in [0.1, 0.15) is 18.5 Å². The molecule has 0 atom stereocenters. The Kier molecular flexibility index (Phi) is 9.40. The molecule has 1 aromatic heterocycles. The number of rotatable bonds is 3. The second-order valence-electron chi connectivity index (χ2n) is 7.53. The summed E-state index contributed by atoms with van der Waals surface area (Å²) in [5.74, 6) is 0. The number of aromatic nitrogens is 1. The highest BCUT2D eigenvalue weighted by Gasteiger charge is 2.10. The largest absolute Gasteiger partial charge is 0.305 e. The van der Waals surface area contributed by atoms with Gasteiger partial charge in [0.2, 0.25) is 0 Å². The van der Waals surface area contributed by atoms with Crippen LogP contribution in [0.3, 0.4) is 0 Å². The fourth-order valence-corrected chi connectivity index (χ4v) is 3.32. The van der Waals surface area contributed by atoms with Crippen molar-refractivity contribution in [2.24, 2.45) is 0 Å². The first kappa shape index (κ1) is 20.3. The van der Waals surface area contributed by atoms with E-state index in [1.54, 1.807) is 0 Å². The molecule has 1 aliphatic rings. The highest BCUT2D eigenvalue weighted by molar-refractivity contribution is 5.03. The molecule has 2 heterocycles. The summed E-state index contributed by atoms with van der Waals surface area (Å²) in [5.41, 5.74) is 1.20. The third kappa shape index (κ3) is 8.77. The summed E-state index contributed by atoms with van der Waals surface area (Å²) < 4.78 is 0. The van der Waals surface area contributed by atoms with E-state index in [0.29, 0.717) is 0 Å². The molecule has 0 bridgehead atoms. The van der Waals surface area contributed by atoms with Gasteiger partial charge in [-0.1, -0.05) is 6.07 Å². The van der Waals surface area contributed by atoms with E-state index in [4.69, 9.17) is 0 Å². The first-order valence-corrected chi connectivity index (χ1v) is 9.81. The topological polar surface area (TPSA) is 25.9 Å². The average Bonchev–Trinajstić information content (AvgIpc) is 2.62. The van der Waals surface area contributed by atoms with E-state index in [1.165, 1.54) is 57.8 Å². The minimum atomic E-state index is 1.05. The molecule has 0 radical (unpaired) electrons. The van der Waals surface area contributed by atoms with Gasteiger partial charge in [0, 0.05) is 51.0 Å². The van der Waals surface area contributed by atoms with Crippen LogP contribution in [0.5, 0.6) is 0 Å². The lowest BCUT2D eigenvalue weighted by molar-refractivity contribution is 0.191. The molecule has 1 aromatic rings. The molecule has 2 rings (SSSR count). The van der Waals surface area contributed by atoms with Gasteiger partial charge in [-0.3, -0.25) is 4.98 Å². The van der Waals surface area contributed by atoms with Crippen LogP contribution in [-0.4, -0.2) is 105 Å². The van der Waals surface area contributed by atoms with Crippen LogP contribution in [0.2, 0.25) is 0 Å². The third-order valence-corrected chi connectivity index (χ3v) is 5.17. The molecule has 0 saturated carbocycles. The molecule has 1 fully saturated rings.